The molecule has 0 heterocycles. The van der Waals surface area contributed by atoms with Crippen LogP contribution in [0.15, 0.2) is 0 Å². The highest BCUT2D eigenvalue weighted by Crippen LogP contribution is 2.20. The minimum absolute atomic E-state index is 0.111. The normalized spacial score (nSPS) is 12.7. The van der Waals surface area contributed by atoms with E-state index in [4.69, 9.17) is 28.4 Å². The van der Waals surface area contributed by atoms with Crippen molar-refractivity contribution < 1.29 is 28.4 Å². The number of hydrogen-bond donors (Lipinski definition) is 0. The second-order valence-corrected chi connectivity index (χ2v) is 8.69. The molecule has 27 heavy (non-hydrogen) atoms. The van der Waals surface area contributed by atoms with Gasteiger partial charge in [-0.1, -0.05) is 20.8 Å². The van der Waals surface area contributed by atoms with Crippen LogP contribution >= 0.6 is 0 Å². The van der Waals surface area contributed by atoms with Crippen molar-refractivity contribution in [2.45, 2.75) is 60.0 Å². The summed E-state index contributed by atoms with van der Waals surface area (Å²) in [4.78, 5) is 0. The van der Waals surface area contributed by atoms with Crippen molar-refractivity contribution in [3.05, 3.63) is 0 Å². The van der Waals surface area contributed by atoms with Gasteiger partial charge in [0.05, 0.1) is 71.7 Å². The van der Waals surface area contributed by atoms with Crippen LogP contribution in [0.1, 0.15) is 54.4 Å². The summed E-state index contributed by atoms with van der Waals surface area (Å²) in [5.74, 6) is 0. The molecule has 6 nitrogen and oxygen atoms in total. The summed E-state index contributed by atoms with van der Waals surface area (Å²) in [5, 5.41) is 0. The molecule has 0 aromatic rings. The Kier molecular flexibility index (Phi) is 16.5. The van der Waals surface area contributed by atoms with Crippen molar-refractivity contribution in [2.75, 3.05) is 72.7 Å². The molecule has 164 valence electrons. The minimum atomic E-state index is -0.111. The van der Waals surface area contributed by atoms with Gasteiger partial charge in [-0.3, -0.25) is 0 Å². The van der Waals surface area contributed by atoms with E-state index in [1.165, 1.54) is 6.42 Å². The van der Waals surface area contributed by atoms with E-state index in [0.717, 1.165) is 13.0 Å². The molecular formula is C21H44O6. The highest BCUT2D eigenvalue weighted by atomic mass is 16.6. The van der Waals surface area contributed by atoms with Crippen LogP contribution in [0.25, 0.3) is 0 Å². The van der Waals surface area contributed by atoms with Crippen molar-refractivity contribution in [2.24, 2.45) is 5.41 Å². The molecule has 0 aliphatic carbocycles. The first-order valence-electron chi connectivity index (χ1n) is 10.2. The van der Waals surface area contributed by atoms with Gasteiger partial charge in [-0.05, 0) is 39.0 Å². The summed E-state index contributed by atoms with van der Waals surface area (Å²) < 4.78 is 32.9. The molecule has 0 spiro atoms. The predicted octanol–water partition coefficient (Wildman–Crippen LogP) is 3.71. The number of ether oxygens (including phenoxy) is 6. The molecule has 6 heteroatoms. The van der Waals surface area contributed by atoms with E-state index in [1.807, 2.05) is 20.8 Å². The Balaban J connectivity index is 3.07. The number of hydrogen-bond acceptors (Lipinski definition) is 6. The van der Waals surface area contributed by atoms with Crippen LogP contribution in [0, 0.1) is 5.41 Å². The summed E-state index contributed by atoms with van der Waals surface area (Å²) >= 11 is 0. The highest BCUT2D eigenvalue weighted by molar-refractivity contribution is 4.60. The standard InChI is InChI=1S/C21H44O6/c1-20(2,3)8-7-9-22-10-11-23-12-13-24-14-15-25-16-17-26-18-19-27-21(4,5)6/h7-19H2,1-6H3. The van der Waals surface area contributed by atoms with Crippen molar-refractivity contribution >= 4 is 0 Å². The lowest BCUT2D eigenvalue weighted by Crippen LogP contribution is -2.22. The Morgan fingerprint density at radius 2 is 0.778 bits per heavy atom. The molecule has 0 unspecified atom stereocenters. The van der Waals surface area contributed by atoms with Crippen LogP contribution in [0.5, 0.6) is 0 Å². The van der Waals surface area contributed by atoms with Gasteiger partial charge in [-0.15, -0.1) is 0 Å². The van der Waals surface area contributed by atoms with E-state index in [0.29, 0.717) is 71.5 Å². The van der Waals surface area contributed by atoms with Crippen LogP contribution in [0.4, 0.5) is 0 Å². The van der Waals surface area contributed by atoms with E-state index in [9.17, 15) is 0 Å². The average Bonchev–Trinajstić information content (AvgIpc) is 2.55. The van der Waals surface area contributed by atoms with Gasteiger partial charge in [-0.25, -0.2) is 0 Å². The van der Waals surface area contributed by atoms with Gasteiger partial charge in [0.2, 0.25) is 0 Å². The highest BCUT2D eigenvalue weighted by Gasteiger charge is 2.09. The first-order valence-corrected chi connectivity index (χ1v) is 10.2. The average molecular weight is 393 g/mol. The predicted molar refractivity (Wildman–Crippen MR) is 108 cm³/mol. The molecule has 0 aliphatic rings. The zero-order valence-electron chi connectivity index (χ0n) is 18.6. The smallest absolute Gasteiger partial charge is 0.0707 e. The van der Waals surface area contributed by atoms with Crippen LogP contribution < -0.4 is 0 Å². The van der Waals surface area contributed by atoms with Crippen LogP contribution in [0.2, 0.25) is 0 Å². The van der Waals surface area contributed by atoms with Gasteiger partial charge in [0.25, 0.3) is 0 Å². The summed E-state index contributed by atoms with van der Waals surface area (Å²) in [6, 6.07) is 0. The topological polar surface area (TPSA) is 55.4 Å². The molecule has 0 fully saturated rings. The Labute approximate surface area is 167 Å². The minimum Gasteiger partial charge on any atom is -0.379 e. The Bertz CT molecular complexity index is 279. The van der Waals surface area contributed by atoms with E-state index in [-0.39, 0.29) is 5.60 Å². The molecule has 0 amide bonds. The van der Waals surface area contributed by atoms with Crippen LogP contribution in [-0.2, 0) is 28.4 Å². The third-order valence-corrected chi connectivity index (χ3v) is 3.47. The Morgan fingerprint density at radius 3 is 1.11 bits per heavy atom. The zero-order valence-corrected chi connectivity index (χ0v) is 18.6. The fourth-order valence-corrected chi connectivity index (χ4v) is 2.09. The van der Waals surface area contributed by atoms with Crippen molar-refractivity contribution in [1.29, 1.82) is 0 Å². The fourth-order valence-electron chi connectivity index (χ4n) is 2.09. The third kappa shape index (κ3) is 25.8. The van der Waals surface area contributed by atoms with E-state index in [1.54, 1.807) is 0 Å². The maximum atomic E-state index is 5.56. The van der Waals surface area contributed by atoms with Gasteiger partial charge in [-0.2, -0.15) is 0 Å². The maximum absolute atomic E-state index is 5.56. The van der Waals surface area contributed by atoms with Crippen molar-refractivity contribution in [1.82, 2.24) is 0 Å². The molecule has 0 aliphatic heterocycles. The molecule has 0 N–H and O–H groups in total. The van der Waals surface area contributed by atoms with E-state index >= 15 is 0 Å². The quantitative estimate of drug-likeness (QED) is 0.332. The van der Waals surface area contributed by atoms with Crippen LogP contribution in [0.3, 0.4) is 0 Å². The van der Waals surface area contributed by atoms with Gasteiger partial charge in [0.15, 0.2) is 0 Å². The molecule has 0 saturated carbocycles. The Morgan fingerprint density at radius 1 is 0.444 bits per heavy atom. The fraction of sp³-hybridized carbons (Fsp3) is 1.00. The summed E-state index contributed by atoms with van der Waals surface area (Å²) in [6.45, 7) is 19.6. The molecule has 0 aromatic heterocycles. The second kappa shape index (κ2) is 16.7. The molecule has 0 rings (SSSR count). The second-order valence-electron chi connectivity index (χ2n) is 8.69. The lowest BCUT2D eigenvalue weighted by molar-refractivity contribution is -0.0464. The first kappa shape index (κ1) is 26.8. The SMILES string of the molecule is CC(C)(C)CCCOCCOCCOCCOCCOCCOC(C)(C)C. The van der Waals surface area contributed by atoms with Gasteiger partial charge < -0.3 is 28.4 Å². The van der Waals surface area contributed by atoms with Gasteiger partial charge in [0.1, 0.15) is 0 Å². The molecule has 0 atom stereocenters. The third-order valence-electron chi connectivity index (χ3n) is 3.47. The molecular weight excluding hydrogens is 348 g/mol. The first-order chi connectivity index (χ1) is 12.7. The molecule has 0 saturated heterocycles. The van der Waals surface area contributed by atoms with Crippen molar-refractivity contribution in [3.8, 4) is 0 Å². The van der Waals surface area contributed by atoms with E-state index < -0.39 is 0 Å². The van der Waals surface area contributed by atoms with Gasteiger partial charge >= 0.3 is 0 Å². The zero-order chi connectivity index (χ0) is 20.4. The summed E-state index contributed by atoms with van der Waals surface area (Å²) in [6.07, 6.45) is 2.28. The molecule has 0 aromatic carbocycles. The molecule has 0 radical (unpaired) electrons. The monoisotopic (exact) mass is 392 g/mol. The lowest BCUT2D eigenvalue weighted by Gasteiger charge is -2.19. The molecule has 0 bridgehead atoms. The largest absolute Gasteiger partial charge is 0.379 e. The lowest BCUT2D eigenvalue weighted by atomic mass is 9.91. The van der Waals surface area contributed by atoms with E-state index in [2.05, 4.69) is 20.8 Å². The van der Waals surface area contributed by atoms with Gasteiger partial charge in [0, 0.05) is 6.61 Å². The number of rotatable bonds is 18. The maximum Gasteiger partial charge on any atom is 0.0707 e. The van der Waals surface area contributed by atoms with Crippen LogP contribution in [-0.4, -0.2) is 78.3 Å². The van der Waals surface area contributed by atoms with Crippen molar-refractivity contribution in [3.63, 3.8) is 0 Å². The Hall–Kier alpha value is -0.240. The summed E-state index contributed by atoms with van der Waals surface area (Å²) in [5.41, 5.74) is 0.273. The summed E-state index contributed by atoms with van der Waals surface area (Å²) in [7, 11) is 0.